The third-order valence-electron chi connectivity index (χ3n) is 20.3. The zero-order valence-corrected chi connectivity index (χ0v) is 49.9. The minimum absolute atomic E-state index is 0.00543. The Bertz CT molecular complexity index is 3930. The highest BCUT2D eigenvalue weighted by atomic mass is 32.1. The zero-order chi connectivity index (χ0) is 54.6. The molecule has 2 aromatic heterocycles. The van der Waals surface area contributed by atoms with E-state index < -0.39 is 0 Å². The predicted octanol–water partition coefficient (Wildman–Crippen LogP) is 18.9. The standard InChI is InChI=1S/C72H78BN3OS/c1-66(2,3)43-25-29-46(30-26-43)74(47-31-27-44(28-32-47)67(4,5)6)48-39-57-61-58(40-48)76-63-54(71(14)33-18-19-34-72(71,76)15)37-45(68(7,8)9)38-55(63)73(61)65-62(51-41-52-53(42-60(51)78-65)70(12,13)36-35-69(52,10)11)75(57)56-23-20-22-50-49-21-16-17-24-59(49)77-64(50)56/h16-17,20-32,37-42H,18-19,33-36H2,1-15H3. The number of anilines is 8. The van der Waals surface area contributed by atoms with E-state index in [0.717, 1.165) is 57.5 Å². The normalized spacial score (nSPS) is 20.9. The van der Waals surface area contributed by atoms with Crippen molar-refractivity contribution in [3.63, 3.8) is 0 Å². The van der Waals surface area contributed by atoms with Gasteiger partial charge in [0.25, 0.3) is 6.71 Å². The summed E-state index contributed by atoms with van der Waals surface area (Å²) in [5, 5.41) is 3.64. The largest absolute Gasteiger partial charge is 0.454 e. The number of benzene rings is 7. The second kappa shape index (κ2) is 16.2. The Balaban J connectivity index is 1.16. The topological polar surface area (TPSA) is 22.9 Å². The Morgan fingerprint density at radius 2 is 1.10 bits per heavy atom. The van der Waals surface area contributed by atoms with Crippen LogP contribution in [0.1, 0.15) is 176 Å². The molecule has 396 valence electrons. The van der Waals surface area contributed by atoms with Crippen LogP contribution >= 0.6 is 11.3 Å². The number of rotatable bonds is 4. The van der Waals surface area contributed by atoms with Crippen molar-refractivity contribution in [2.75, 3.05) is 14.7 Å². The number of para-hydroxylation sites is 2. The molecular weight excluding hydrogens is 966 g/mol. The molecular formula is C72H78BN3OS. The lowest BCUT2D eigenvalue weighted by atomic mass is 9.36. The molecule has 5 aliphatic rings. The van der Waals surface area contributed by atoms with Crippen molar-refractivity contribution in [2.45, 2.75) is 180 Å². The molecule has 78 heavy (non-hydrogen) atoms. The van der Waals surface area contributed by atoms with E-state index in [1.165, 1.54) is 102 Å². The average Bonchev–Trinajstić information content (AvgIpc) is 4.04. The van der Waals surface area contributed by atoms with Gasteiger partial charge in [-0.3, -0.25) is 0 Å². The number of nitrogens with zero attached hydrogens (tertiary/aromatic N) is 3. The number of fused-ring (bicyclic) bond motifs is 13. The highest BCUT2D eigenvalue weighted by Gasteiger charge is 2.62. The smallest absolute Gasteiger partial charge is 0.264 e. The van der Waals surface area contributed by atoms with Crippen molar-refractivity contribution in [1.82, 2.24) is 0 Å². The van der Waals surface area contributed by atoms with Gasteiger partial charge in [0, 0.05) is 59.5 Å². The van der Waals surface area contributed by atoms with Gasteiger partial charge in [-0.05, 0) is 165 Å². The highest BCUT2D eigenvalue weighted by molar-refractivity contribution is 7.33. The first-order valence-corrected chi connectivity index (χ1v) is 30.1. The van der Waals surface area contributed by atoms with Crippen LogP contribution in [0.3, 0.4) is 0 Å². The van der Waals surface area contributed by atoms with E-state index in [2.05, 4.69) is 257 Å². The maximum absolute atomic E-state index is 7.20. The van der Waals surface area contributed by atoms with E-state index in [0.29, 0.717) is 0 Å². The van der Waals surface area contributed by atoms with Crippen LogP contribution in [0.5, 0.6) is 0 Å². The fraction of sp³-hybridized carbons (Fsp3) is 0.389. The van der Waals surface area contributed by atoms with Crippen molar-refractivity contribution in [1.29, 1.82) is 0 Å². The van der Waals surface area contributed by atoms with Crippen molar-refractivity contribution in [3.05, 3.63) is 161 Å². The van der Waals surface area contributed by atoms with Crippen LogP contribution in [0.25, 0.3) is 32.0 Å². The highest BCUT2D eigenvalue weighted by Crippen LogP contribution is 2.64. The number of hydrogen-bond donors (Lipinski definition) is 0. The molecule has 0 saturated heterocycles. The first kappa shape index (κ1) is 50.0. The monoisotopic (exact) mass is 1040 g/mol. The summed E-state index contributed by atoms with van der Waals surface area (Å²) < 4.78 is 10.0. The molecule has 0 bridgehead atoms. The summed E-state index contributed by atoms with van der Waals surface area (Å²) >= 11 is 2.06. The molecule has 7 aromatic carbocycles. The molecule has 9 aromatic rings. The molecule has 0 amide bonds. The van der Waals surface area contributed by atoms with Gasteiger partial charge in [-0.1, -0.05) is 177 Å². The third kappa shape index (κ3) is 6.96. The van der Waals surface area contributed by atoms with Crippen LogP contribution in [0.15, 0.2) is 132 Å². The predicted molar refractivity (Wildman–Crippen MR) is 337 cm³/mol. The van der Waals surface area contributed by atoms with E-state index >= 15 is 0 Å². The average molecular weight is 1040 g/mol. The second-order valence-corrected chi connectivity index (χ2v) is 30.3. The van der Waals surface area contributed by atoms with Crippen molar-refractivity contribution in [2.24, 2.45) is 0 Å². The molecule has 2 aliphatic carbocycles. The quantitative estimate of drug-likeness (QED) is 0.164. The lowest BCUT2D eigenvalue weighted by Gasteiger charge is -2.52. The molecule has 1 saturated carbocycles. The zero-order valence-electron chi connectivity index (χ0n) is 49.1. The molecule has 2 atom stereocenters. The minimum Gasteiger partial charge on any atom is -0.454 e. The van der Waals surface area contributed by atoms with Crippen LogP contribution in [-0.2, 0) is 32.5 Å². The Labute approximate surface area is 468 Å². The summed E-state index contributed by atoms with van der Waals surface area (Å²) in [5.74, 6) is 0. The SMILES string of the molecule is CC(C)(C)c1ccc(N(c2ccc(C(C)(C)C)cc2)c2cc3c4c(c2)N2c5c(cc(C(C)(C)C)cc5C5(C)CCCCC25C)B4c2sc4cc5c(cc4c2N3c2cccc3c2oc2ccccc23)C(C)(C)CCC5(C)C)cc1. The lowest BCUT2D eigenvalue weighted by molar-refractivity contribution is 0.195. The molecule has 0 N–H and O–H groups in total. The summed E-state index contributed by atoms with van der Waals surface area (Å²) in [6.07, 6.45) is 7.10. The molecule has 5 heterocycles. The van der Waals surface area contributed by atoms with Gasteiger partial charge < -0.3 is 19.1 Å². The van der Waals surface area contributed by atoms with Crippen molar-refractivity contribution < 1.29 is 4.42 Å². The van der Waals surface area contributed by atoms with Crippen LogP contribution in [-0.4, -0.2) is 12.3 Å². The van der Waals surface area contributed by atoms with Gasteiger partial charge in [0.05, 0.1) is 22.6 Å². The number of furan rings is 1. The first-order chi connectivity index (χ1) is 36.8. The van der Waals surface area contributed by atoms with Crippen LogP contribution in [0.2, 0.25) is 0 Å². The molecule has 6 heteroatoms. The number of hydrogen-bond acceptors (Lipinski definition) is 5. The molecule has 3 aliphatic heterocycles. The fourth-order valence-corrected chi connectivity index (χ4v) is 16.6. The maximum Gasteiger partial charge on any atom is 0.264 e. The third-order valence-corrected chi connectivity index (χ3v) is 21.5. The van der Waals surface area contributed by atoms with Gasteiger partial charge in [-0.2, -0.15) is 0 Å². The van der Waals surface area contributed by atoms with E-state index in [-0.39, 0.29) is 44.7 Å². The first-order valence-electron chi connectivity index (χ1n) is 29.3. The van der Waals surface area contributed by atoms with Crippen molar-refractivity contribution in [3.8, 4) is 0 Å². The van der Waals surface area contributed by atoms with Crippen LogP contribution < -0.4 is 30.4 Å². The summed E-state index contributed by atoms with van der Waals surface area (Å²) in [7, 11) is 0. The minimum atomic E-state index is -0.163. The van der Waals surface area contributed by atoms with Crippen LogP contribution in [0, 0.1) is 0 Å². The molecule has 14 rings (SSSR count). The van der Waals surface area contributed by atoms with Gasteiger partial charge in [-0.25, -0.2) is 0 Å². The van der Waals surface area contributed by atoms with Gasteiger partial charge >= 0.3 is 0 Å². The Morgan fingerprint density at radius 1 is 0.513 bits per heavy atom. The summed E-state index contributed by atoms with van der Waals surface area (Å²) in [6, 6.07) is 50.2. The van der Waals surface area contributed by atoms with Gasteiger partial charge in [0.15, 0.2) is 5.58 Å². The maximum atomic E-state index is 7.20. The van der Waals surface area contributed by atoms with Gasteiger partial charge in [0.2, 0.25) is 0 Å². The summed E-state index contributed by atoms with van der Waals surface area (Å²) in [5.41, 5.74) is 23.1. The second-order valence-electron chi connectivity index (χ2n) is 29.2. The van der Waals surface area contributed by atoms with Gasteiger partial charge in [-0.15, -0.1) is 11.3 Å². The lowest BCUT2D eigenvalue weighted by Crippen LogP contribution is -2.64. The number of thiophene rings is 1. The van der Waals surface area contributed by atoms with E-state index in [1.54, 1.807) is 5.56 Å². The Morgan fingerprint density at radius 3 is 1.74 bits per heavy atom. The molecule has 0 spiro atoms. The fourth-order valence-electron chi connectivity index (χ4n) is 15.3. The summed E-state index contributed by atoms with van der Waals surface area (Å²) in [6.45, 7) is 36.4. The van der Waals surface area contributed by atoms with Gasteiger partial charge in [0.1, 0.15) is 5.58 Å². The van der Waals surface area contributed by atoms with E-state index in [4.69, 9.17) is 4.42 Å². The molecule has 0 radical (unpaired) electrons. The Hall–Kier alpha value is -6.24. The van der Waals surface area contributed by atoms with E-state index in [9.17, 15) is 0 Å². The molecule has 4 nitrogen and oxygen atoms in total. The molecule has 1 fully saturated rings. The molecule has 2 unspecified atom stereocenters. The van der Waals surface area contributed by atoms with E-state index in [1.807, 2.05) is 0 Å². The van der Waals surface area contributed by atoms with Crippen LogP contribution in [0.4, 0.5) is 45.5 Å². The Kier molecular flexibility index (Phi) is 10.4. The van der Waals surface area contributed by atoms with Crippen molar-refractivity contribution >= 4 is 111 Å². The summed E-state index contributed by atoms with van der Waals surface area (Å²) in [4.78, 5) is 8.19.